The van der Waals surface area contributed by atoms with Gasteiger partial charge in [-0.15, -0.1) is 0 Å². The van der Waals surface area contributed by atoms with E-state index < -0.39 is 10.8 Å². The zero-order valence-electron chi connectivity index (χ0n) is 12.4. The van der Waals surface area contributed by atoms with Crippen LogP contribution in [0, 0.1) is 5.92 Å². The van der Waals surface area contributed by atoms with Crippen molar-refractivity contribution in [2.75, 3.05) is 32.4 Å². The Bertz CT molecular complexity index is 260. The van der Waals surface area contributed by atoms with Crippen LogP contribution in [-0.4, -0.2) is 52.8 Å². The predicted molar refractivity (Wildman–Crippen MR) is 80.4 cm³/mol. The third kappa shape index (κ3) is 5.37. The Labute approximate surface area is 115 Å². The summed E-state index contributed by atoms with van der Waals surface area (Å²) in [5.74, 6) is 0.739. The van der Waals surface area contributed by atoms with Crippen LogP contribution in [0.2, 0.25) is 0 Å². The van der Waals surface area contributed by atoms with Gasteiger partial charge in [0.2, 0.25) is 0 Å². The van der Waals surface area contributed by atoms with Crippen molar-refractivity contribution in [2.45, 2.75) is 51.3 Å². The predicted octanol–water partition coefficient (Wildman–Crippen LogP) is 1.85. The summed E-state index contributed by atoms with van der Waals surface area (Å²) in [5, 5.41) is 3.99. The van der Waals surface area contributed by atoms with Gasteiger partial charge in [-0.1, -0.05) is 27.2 Å². The van der Waals surface area contributed by atoms with Crippen LogP contribution in [0.1, 0.15) is 40.0 Å². The van der Waals surface area contributed by atoms with Crippen LogP contribution in [-0.2, 0) is 10.8 Å². The summed E-state index contributed by atoms with van der Waals surface area (Å²) in [5.41, 5.74) is 0. The molecule has 4 atom stereocenters. The van der Waals surface area contributed by atoms with Gasteiger partial charge in [0.25, 0.3) is 0 Å². The Hall–Kier alpha value is 0.0700. The molecule has 0 amide bonds. The number of rotatable bonds is 6. The lowest BCUT2D eigenvalue weighted by Gasteiger charge is -2.28. The van der Waals surface area contributed by atoms with Crippen molar-refractivity contribution in [1.29, 1.82) is 0 Å². The molecule has 108 valence electrons. The molecule has 0 aromatic rings. The van der Waals surface area contributed by atoms with E-state index in [9.17, 15) is 4.21 Å². The van der Waals surface area contributed by atoms with Gasteiger partial charge in [-0.25, -0.2) is 0 Å². The summed E-state index contributed by atoms with van der Waals surface area (Å²) in [7, 11) is -0.680. The Kier molecular flexibility index (Phi) is 7.42. The zero-order valence-corrected chi connectivity index (χ0v) is 13.3. The molecule has 0 bridgehead atoms. The van der Waals surface area contributed by atoms with E-state index in [1.54, 1.807) is 0 Å². The molecule has 1 aliphatic rings. The highest BCUT2D eigenvalue weighted by Crippen LogP contribution is 2.13. The smallest absolute Gasteiger partial charge is 0.0329 e. The average molecular weight is 274 g/mol. The maximum atomic E-state index is 11.4. The minimum absolute atomic E-state index is 0.322. The van der Waals surface area contributed by atoms with E-state index in [-0.39, 0.29) is 0 Å². The minimum atomic E-state index is -0.680. The molecule has 4 heteroatoms. The molecule has 1 rings (SSSR count). The van der Waals surface area contributed by atoms with Gasteiger partial charge in [-0.2, -0.15) is 0 Å². The molecular formula is C14H30N2OS. The fourth-order valence-corrected chi connectivity index (χ4v) is 2.86. The van der Waals surface area contributed by atoms with Gasteiger partial charge in [0.05, 0.1) is 0 Å². The lowest BCUT2D eigenvalue weighted by atomic mass is 9.99. The fourth-order valence-electron chi connectivity index (χ4n) is 2.42. The standard InChI is InChI=1S/C14H30N2OS/c1-5-12(2)14-11-16(9-6-8-15-14)10-7-13(3)18(4)17/h12-15H,5-11H2,1-4H3. The van der Waals surface area contributed by atoms with Crippen molar-refractivity contribution in [3.63, 3.8) is 0 Å². The third-order valence-electron chi connectivity index (χ3n) is 4.26. The normalized spacial score (nSPS) is 27.4. The lowest BCUT2D eigenvalue weighted by Crippen LogP contribution is -2.42. The van der Waals surface area contributed by atoms with Gasteiger partial charge < -0.3 is 10.2 Å². The number of hydrogen-bond donors (Lipinski definition) is 1. The van der Waals surface area contributed by atoms with Crippen LogP contribution in [0.15, 0.2) is 0 Å². The summed E-state index contributed by atoms with van der Waals surface area (Å²) >= 11 is 0. The van der Waals surface area contributed by atoms with Crippen molar-refractivity contribution in [3.8, 4) is 0 Å². The number of nitrogens with one attached hydrogen (secondary N) is 1. The van der Waals surface area contributed by atoms with Crippen molar-refractivity contribution >= 4 is 10.8 Å². The Morgan fingerprint density at radius 2 is 2.17 bits per heavy atom. The second-order valence-corrected chi connectivity index (χ2v) is 7.50. The average Bonchev–Trinajstić information content (AvgIpc) is 2.60. The maximum Gasteiger partial charge on any atom is 0.0329 e. The SMILES string of the molecule is CCC(C)C1CN(CCC(C)S(C)=O)CCCN1. The highest BCUT2D eigenvalue weighted by Gasteiger charge is 2.22. The molecule has 1 heterocycles. The summed E-state index contributed by atoms with van der Waals surface area (Å²) in [6.07, 6.45) is 5.34. The Morgan fingerprint density at radius 1 is 1.44 bits per heavy atom. The van der Waals surface area contributed by atoms with E-state index in [0.717, 1.165) is 32.0 Å². The first-order chi connectivity index (χ1) is 8.54. The molecule has 1 N–H and O–H groups in total. The van der Waals surface area contributed by atoms with E-state index >= 15 is 0 Å². The van der Waals surface area contributed by atoms with Gasteiger partial charge in [-0.05, 0) is 38.4 Å². The minimum Gasteiger partial charge on any atom is -0.312 e. The van der Waals surface area contributed by atoms with Crippen LogP contribution in [0.4, 0.5) is 0 Å². The van der Waals surface area contributed by atoms with Crippen molar-refractivity contribution in [1.82, 2.24) is 10.2 Å². The summed E-state index contributed by atoms with van der Waals surface area (Å²) in [4.78, 5) is 2.56. The topological polar surface area (TPSA) is 32.3 Å². The van der Waals surface area contributed by atoms with E-state index in [2.05, 4.69) is 31.0 Å². The Morgan fingerprint density at radius 3 is 2.78 bits per heavy atom. The van der Waals surface area contributed by atoms with Gasteiger partial charge in [0.15, 0.2) is 0 Å². The molecule has 1 saturated heterocycles. The highest BCUT2D eigenvalue weighted by molar-refractivity contribution is 7.84. The maximum absolute atomic E-state index is 11.4. The largest absolute Gasteiger partial charge is 0.312 e. The molecule has 0 saturated carbocycles. The summed E-state index contributed by atoms with van der Waals surface area (Å²) in [6.45, 7) is 11.3. The van der Waals surface area contributed by atoms with Gasteiger partial charge >= 0.3 is 0 Å². The highest BCUT2D eigenvalue weighted by atomic mass is 32.2. The number of nitrogens with zero attached hydrogens (tertiary/aromatic N) is 1. The first kappa shape index (κ1) is 16.1. The molecule has 4 unspecified atom stereocenters. The molecular weight excluding hydrogens is 244 g/mol. The van der Waals surface area contributed by atoms with E-state index in [0.29, 0.717) is 11.3 Å². The fraction of sp³-hybridized carbons (Fsp3) is 1.00. The van der Waals surface area contributed by atoms with Gasteiger partial charge in [0, 0.05) is 34.9 Å². The molecule has 3 nitrogen and oxygen atoms in total. The molecule has 1 aliphatic heterocycles. The van der Waals surface area contributed by atoms with Gasteiger partial charge in [0.1, 0.15) is 0 Å². The van der Waals surface area contributed by atoms with E-state index in [1.807, 2.05) is 6.26 Å². The van der Waals surface area contributed by atoms with Gasteiger partial charge in [-0.3, -0.25) is 4.21 Å². The van der Waals surface area contributed by atoms with Crippen LogP contribution in [0.5, 0.6) is 0 Å². The van der Waals surface area contributed by atoms with Crippen molar-refractivity contribution < 1.29 is 4.21 Å². The molecule has 0 aromatic heterocycles. The summed E-state index contributed by atoms with van der Waals surface area (Å²) in [6, 6.07) is 0.625. The molecule has 18 heavy (non-hydrogen) atoms. The summed E-state index contributed by atoms with van der Waals surface area (Å²) < 4.78 is 11.4. The van der Waals surface area contributed by atoms with Crippen molar-refractivity contribution in [3.05, 3.63) is 0 Å². The van der Waals surface area contributed by atoms with Crippen LogP contribution < -0.4 is 5.32 Å². The molecule has 0 aromatic carbocycles. The monoisotopic (exact) mass is 274 g/mol. The molecule has 1 fully saturated rings. The molecule has 0 aliphatic carbocycles. The van der Waals surface area contributed by atoms with Crippen molar-refractivity contribution in [2.24, 2.45) is 5.92 Å². The van der Waals surface area contributed by atoms with Crippen LogP contribution in [0.25, 0.3) is 0 Å². The Balaban J connectivity index is 2.41. The second kappa shape index (κ2) is 8.28. The molecule has 0 radical (unpaired) electrons. The van der Waals surface area contributed by atoms with E-state index in [1.165, 1.54) is 19.4 Å². The van der Waals surface area contributed by atoms with Crippen LogP contribution in [0.3, 0.4) is 0 Å². The number of hydrogen-bond acceptors (Lipinski definition) is 3. The van der Waals surface area contributed by atoms with Crippen LogP contribution >= 0.6 is 0 Å². The quantitative estimate of drug-likeness (QED) is 0.802. The molecule has 0 spiro atoms. The third-order valence-corrected chi connectivity index (χ3v) is 5.63. The van der Waals surface area contributed by atoms with E-state index in [4.69, 9.17) is 0 Å². The second-order valence-electron chi connectivity index (χ2n) is 5.70. The lowest BCUT2D eigenvalue weighted by molar-refractivity contribution is 0.236. The first-order valence-corrected chi connectivity index (χ1v) is 8.94. The first-order valence-electron chi connectivity index (χ1n) is 7.32. The zero-order chi connectivity index (χ0) is 13.5.